The van der Waals surface area contributed by atoms with Gasteiger partial charge in [-0.05, 0) is 31.0 Å². The summed E-state index contributed by atoms with van der Waals surface area (Å²) in [6, 6.07) is 4.53. The number of hydrogen-bond acceptors (Lipinski definition) is 5. The summed E-state index contributed by atoms with van der Waals surface area (Å²) in [5.41, 5.74) is 6.77. The molecule has 1 saturated heterocycles. The van der Waals surface area contributed by atoms with Crippen LogP contribution in [0.4, 0.5) is 0 Å². The lowest BCUT2D eigenvalue weighted by molar-refractivity contribution is -0.135. The van der Waals surface area contributed by atoms with Crippen LogP contribution in [-0.2, 0) is 16.1 Å². The Kier molecular flexibility index (Phi) is 3.50. The van der Waals surface area contributed by atoms with Crippen LogP contribution in [-0.4, -0.2) is 21.4 Å². The van der Waals surface area contributed by atoms with E-state index in [4.69, 9.17) is 5.73 Å². The van der Waals surface area contributed by atoms with Crippen LogP contribution in [0, 0.1) is 6.92 Å². The van der Waals surface area contributed by atoms with Crippen LogP contribution < -0.4 is 16.6 Å². The van der Waals surface area contributed by atoms with Crippen molar-refractivity contribution in [2.45, 2.75) is 32.4 Å². The molecule has 1 atom stereocenters. The first kappa shape index (κ1) is 14.4. The van der Waals surface area contributed by atoms with Gasteiger partial charge in [-0.25, -0.2) is 4.98 Å². The largest absolute Gasteiger partial charge is 0.326 e. The van der Waals surface area contributed by atoms with Crippen molar-refractivity contribution in [1.29, 1.82) is 0 Å². The van der Waals surface area contributed by atoms with Gasteiger partial charge in [0, 0.05) is 13.0 Å². The number of fused-ring (bicyclic) bond motifs is 1. The Bertz CT molecular complexity index is 841. The van der Waals surface area contributed by atoms with Crippen LogP contribution in [0.3, 0.4) is 0 Å². The molecule has 2 aromatic rings. The maximum absolute atomic E-state index is 12.7. The van der Waals surface area contributed by atoms with Crippen molar-refractivity contribution in [2.75, 3.05) is 0 Å². The second-order valence-electron chi connectivity index (χ2n) is 5.36. The van der Waals surface area contributed by atoms with Crippen molar-refractivity contribution in [3.05, 3.63) is 39.9 Å². The quantitative estimate of drug-likeness (QED) is 0.767. The molecule has 0 bridgehead atoms. The van der Waals surface area contributed by atoms with Gasteiger partial charge in [0.1, 0.15) is 11.9 Å². The number of aromatic nitrogens is 2. The highest BCUT2D eigenvalue weighted by molar-refractivity contribution is 5.99. The van der Waals surface area contributed by atoms with Crippen LogP contribution in [0.5, 0.6) is 0 Å². The smallest absolute Gasteiger partial charge is 0.262 e. The third-order valence-electron chi connectivity index (χ3n) is 3.90. The summed E-state index contributed by atoms with van der Waals surface area (Å²) in [6.45, 7) is 2.05. The van der Waals surface area contributed by atoms with Gasteiger partial charge in [0.05, 0.1) is 10.9 Å². The summed E-state index contributed by atoms with van der Waals surface area (Å²) >= 11 is 0. The van der Waals surface area contributed by atoms with E-state index in [-0.39, 0.29) is 17.9 Å². The van der Waals surface area contributed by atoms with E-state index in [1.54, 1.807) is 25.1 Å². The highest BCUT2D eigenvalue weighted by Gasteiger charge is 2.30. The topological polar surface area (TPSA) is 107 Å². The molecule has 2 heterocycles. The molecule has 1 aromatic carbocycles. The number of carbonyl (C=O) groups excluding carboxylic acids is 2. The fraction of sp³-hybridized carbons (Fsp3) is 0.333. The maximum Gasteiger partial charge on any atom is 0.262 e. The molecule has 3 rings (SSSR count). The molecular weight excluding hydrogens is 284 g/mol. The third-order valence-corrected chi connectivity index (χ3v) is 3.90. The van der Waals surface area contributed by atoms with Crippen molar-refractivity contribution >= 4 is 22.7 Å². The first-order valence-corrected chi connectivity index (χ1v) is 7.07. The third kappa shape index (κ3) is 2.29. The lowest BCUT2D eigenvalue weighted by Crippen LogP contribution is -2.45. The Balaban J connectivity index is 2.16. The van der Waals surface area contributed by atoms with Crippen LogP contribution in [0.1, 0.15) is 30.3 Å². The van der Waals surface area contributed by atoms with Gasteiger partial charge in [-0.15, -0.1) is 0 Å². The number of aryl methyl sites for hydroxylation is 1. The van der Waals surface area contributed by atoms with E-state index in [9.17, 15) is 14.4 Å². The number of hydrogen-bond donors (Lipinski definition) is 2. The summed E-state index contributed by atoms with van der Waals surface area (Å²) in [4.78, 5) is 40.4. The summed E-state index contributed by atoms with van der Waals surface area (Å²) in [7, 11) is 0. The Labute approximate surface area is 126 Å². The van der Waals surface area contributed by atoms with E-state index < -0.39 is 11.9 Å². The number of amides is 2. The standard InChI is InChI=1S/C15H16N4O3/c1-8-17-11-6-9(7-16)2-3-10(11)15(22)19(8)12-4-5-13(20)18-14(12)21/h2-3,6,12H,4-5,7,16H2,1H3,(H,18,20,21). The van der Waals surface area contributed by atoms with Gasteiger partial charge in [0.15, 0.2) is 0 Å². The average Bonchev–Trinajstić information content (AvgIpc) is 2.48. The molecule has 1 aromatic heterocycles. The molecule has 3 N–H and O–H groups in total. The molecule has 1 aliphatic heterocycles. The molecule has 7 nitrogen and oxygen atoms in total. The van der Waals surface area contributed by atoms with Gasteiger partial charge < -0.3 is 5.73 Å². The van der Waals surface area contributed by atoms with E-state index in [0.717, 1.165) is 5.56 Å². The molecule has 0 saturated carbocycles. The Hall–Kier alpha value is -2.54. The second kappa shape index (κ2) is 5.34. The first-order valence-electron chi connectivity index (χ1n) is 7.07. The zero-order valence-electron chi connectivity index (χ0n) is 12.1. The van der Waals surface area contributed by atoms with Gasteiger partial charge in [0.2, 0.25) is 11.8 Å². The molecule has 22 heavy (non-hydrogen) atoms. The SMILES string of the molecule is Cc1nc2cc(CN)ccc2c(=O)n1C1CCC(=O)NC1=O. The number of imide groups is 1. The molecule has 0 aliphatic carbocycles. The zero-order valence-corrected chi connectivity index (χ0v) is 12.1. The van der Waals surface area contributed by atoms with Crippen molar-refractivity contribution in [3.8, 4) is 0 Å². The molecule has 7 heteroatoms. The number of carbonyl (C=O) groups is 2. The number of nitrogens with zero attached hydrogens (tertiary/aromatic N) is 2. The fourth-order valence-electron chi connectivity index (χ4n) is 2.78. The molecule has 1 aliphatic rings. The van der Waals surface area contributed by atoms with Crippen LogP contribution in [0.15, 0.2) is 23.0 Å². The van der Waals surface area contributed by atoms with E-state index in [1.807, 2.05) is 0 Å². The number of piperidine rings is 1. The molecule has 114 valence electrons. The molecule has 2 amide bonds. The molecule has 0 spiro atoms. The Morgan fingerprint density at radius 2 is 2.14 bits per heavy atom. The van der Waals surface area contributed by atoms with Gasteiger partial charge in [-0.1, -0.05) is 6.07 Å². The Morgan fingerprint density at radius 3 is 2.82 bits per heavy atom. The highest BCUT2D eigenvalue weighted by Crippen LogP contribution is 2.20. The zero-order chi connectivity index (χ0) is 15.9. The van der Waals surface area contributed by atoms with Crippen LogP contribution in [0.25, 0.3) is 10.9 Å². The van der Waals surface area contributed by atoms with E-state index in [2.05, 4.69) is 10.3 Å². The van der Waals surface area contributed by atoms with Crippen LogP contribution in [0.2, 0.25) is 0 Å². The molecule has 0 radical (unpaired) electrons. The van der Waals surface area contributed by atoms with E-state index in [1.165, 1.54) is 4.57 Å². The highest BCUT2D eigenvalue weighted by atomic mass is 16.2. The average molecular weight is 300 g/mol. The number of nitrogens with two attached hydrogens (primary N) is 1. The summed E-state index contributed by atoms with van der Waals surface area (Å²) in [5, 5.41) is 2.70. The van der Waals surface area contributed by atoms with Crippen molar-refractivity contribution in [2.24, 2.45) is 5.73 Å². The Morgan fingerprint density at radius 1 is 1.36 bits per heavy atom. The minimum Gasteiger partial charge on any atom is -0.326 e. The van der Waals surface area contributed by atoms with E-state index in [0.29, 0.717) is 29.7 Å². The molecular formula is C15H16N4O3. The summed E-state index contributed by atoms with van der Waals surface area (Å²) in [5.74, 6) is -0.323. The fourth-order valence-corrected chi connectivity index (χ4v) is 2.78. The van der Waals surface area contributed by atoms with Crippen molar-refractivity contribution in [1.82, 2.24) is 14.9 Å². The van der Waals surface area contributed by atoms with E-state index >= 15 is 0 Å². The number of benzene rings is 1. The molecule has 1 fully saturated rings. The van der Waals surface area contributed by atoms with Gasteiger partial charge >= 0.3 is 0 Å². The number of nitrogens with one attached hydrogen (secondary N) is 1. The lowest BCUT2D eigenvalue weighted by Gasteiger charge is -2.24. The summed E-state index contributed by atoms with van der Waals surface area (Å²) in [6.07, 6.45) is 0.520. The monoisotopic (exact) mass is 300 g/mol. The van der Waals surface area contributed by atoms with Crippen LogP contribution >= 0.6 is 0 Å². The summed E-state index contributed by atoms with van der Waals surface area (Å²) < 4.78 is 1.37. The minimum atomic E-state index is -0.698. The van der Waals surface area contributed by atoms with Crippen molar-refractivity contribution < 1.29 is 9.59 Å². The predicted molar refractivity (Wildman–Crippen MR) is 80.1 cm³/mol. The molecule has 1 unspecified atom stereocenters. The lowest BCUT2D eigenvalue weighted by atomic mass is 10.1. The maximum atomic E-state index is 12.7. The second-order valence-corrected chi connectivity index (χ2v) is 5.36. The first-order chi connectivity index (χ1) is 10.5. The van der Waals surface area contributed by atoms with Gasteiger partial charge in [-0.3, -0.25) is 24.3 Å². The normalized spacial score (nSPS) is 18.5. The number of rotatable bonds is 2. The predicted octanol–water partition coefficient (Wildman–Crippen LogP) is 0.141. The van der Waals surface area contributed by atoms with Gasteiger partial charge in [0.25, 0.3) is 5.56 Å². The van der Waals surface area contributed by atoms with Gasteiger partial charge in [-0.2, -0.15) is 0 Å². The minimum absolute atomic E-state index is 0.215. The van der Waals surface area contributed by atoms with Crippen molar-refractivity contribution in [3.63, 3.8) is 0 Å².